The van der Waals surface area contributed by atoms with Gasteiger partial charge < -0.3 is 4.74 Å². The standard InChI is InChI=1S/C11H20O2/c1-9(2)6-5-7-11(12)13-8-10(3)4/h5,7,9-10H,6,8H2,1-4H3/b7-5+. The van der Waals surface area contributed by atoms with Crippen molar-refractivity contribution >= 4 is 5.97 Å². The summed E-state index contributed by atoms with van der Waals surface area (Å²) in [6.45, 7) is 8.77. The molecule has 0 spiro atoms. The molecule has 0 atom stereocenters. The van der Waals surface area contributed by atoms with Gasteiger partial charge >= 0.3 is 5.97 Å². The number of hydrogen-bond donors (Lipinski definition) is 0. The van der Waals surface area contributed by atoms with E-state index in [1.165, 1.54) is 6.08 Å². The van der Waals surface area contributed by atoms with Crippen LogP contribution in [0.3, 0.4) is 0 Å². The molecule has 2 heteroatoms. The number of carbonyl (C=O) groups is 1. The zero-order chi connectivity index (χ0) is 10.3. The van der Waals surface area contributed by atoms with Gasteiger partial charge in [-0.1, -0.05) is 33.8 Å². The largest absolute Gasteiger partial charge is 0.462 e. The van der Waals surface area contributed by atoms with Crippen molar-refractivity contribution in [2.75, 3.05) is 6.61 Å². The summed E-state index contributed by atoms with van der Waals surface area (Å²) in [6.07, 6.45) is 4.31. The zero-order valence-corrected chi connectivity index (χ0v) is 9.04. The maximum absolute atomic E-state index is 11.0. The molecule has 0 N–H and O–H groups in total. The highest BCUT2D eigenvalue weighted by atomic mass is 16.5. The second kappa shape index (κ2) is 6.70. The van der Waals surface area contributed by atoms with Crippen molar-refractivity contribution in [2.45, 2.75) is 34.1 Å². The SMILES string of the molecule is CC(C)C/C=C/C(=O)OCC(C)C. The third-order valence-corrected chi connectivity index (χ3v) is 1.42. The number of carbonyl (C=O) groups excluding carboxylic acids is 1. The number of esters is 1. The molecule has 76 valence electrons. The number of hydrogen-bond acceptors (Lipinski definition) is 2. The highest BCUT2D eigenvalue weighted by Crippen LogP contribution is 2.00. The van der Waals surface area contributed by atoms with E-state index >= 15 is 0 Å². The molecule has 0 amide bonds. The highest BCUT2D eigenvalue weighted by molar-refractivity contribution is 5.81. The van der Waals surface area contributed by atoms with Crippen LogP contribution < -0.4 is 0 Å². The summed E-state index contributed by atoms with van der Waals surface area (Å²) in [7, 11) is 0. The smallest absolute Gasteiger partial charge is 0.330 e. The summed E-state index contributed by atoms with van der Waals surface area (Å²) in [4.78, 5) is 11.0. The zero-order valence-electron chi connectivity index (χ0n) is 9.04. The first-order chi connectivity index (χ1) is 6.02. The minimum absolute atomic E-state index is 0.227. The average Bonchev–Trinajstić information content (AvgIpc) is 2.00. The fraction of sp³-hybridized carbons (Fsp3) is 0.727. The minimum Gasteiger partial charge on any atom is -0.462 e. The van der Waals surface area contributed by atoms with Crippen LogP contribution in [0.4, 0.5) is 0 Å². The molecule has 0 bridgehead atoms. The van der Waals surface area contributed by atoms with Crippen molar-refractivity contribution in [3.8, 4) is 0 Å². The molecule has 0 aromatic carbocycles. The number of ether oxygens (including phenoxy) is 1. The summed E-state index contributed by atoms with van der Waals surface area (Å²) in [5.74, 6) is 0.769. The Morgan fingerprint density at radius 3 is 2.31 bits per heavy atom. The molecule has 0 rings (SSSR count). The van der Waals surface area contributed by atoms with Gasteiger partial charge in [-0.15, -0.1) is 0 Å². The minimum atomic E-state index is -0.227. The molecule has 0 saturated heterocycles. The van der Waals surface area contributed by atoms with Crippen molar-refractivity contribution < 1.29 is 9.53 Å². The van der Waals surface area contributed by atoms with E-state index in [-0.39, 0.29) is 5.97 Å². The van der Waals surface area contributed by atoms with Gasteiger partial charge in [0.2, 0.25) is 0 Å². The molecular weight excluding hydrogens is 164 g/mol. The second-order valence-corrected chi connectivity index (χ2v) is 4.06. The lowest BCUT2D eigenvalue weighted by Gasteiger charge is -2.04. The number of allylic oxidation sites excluding steroid dienone is 1. The van der Waals surface area contributed by atoms with Gasteiger partial charge in [0.1, 0.15) is 0 Å². The van der Waals surface area contributed by atoms with Crippen LogP contribution in [0.2, 0.25) is 0 Å². The summed E-state index contributed by atoms with van der Waals surface area (Å²) >= 11 is 0. The fourth-order valence-corrected chi connectivity index (χ4v) is 0.733. The monoisotopic (exact) mass is 184 g/mol. The van der Waals surface area contributed by atoms with Crippen LogP contribution in [0.1, 0.15) is 34.1 Å². The third-order valence-electron chi connectivity index (χ3n) is 1.42. The Morgan fingerprint density at radius 1 is 1.23 bits per heavy atom. The summed E-state index contributed by atoms with van der Waals surface area (Å²) in [5.41, 5.74) is 0. The maximum Gasteiger partial charge on any atom is 0.330 e. The predicted molar refractivity (Wildman–Crippen MR) is 54.4 cm³/mol. The molecule has 2 nitrogen and oxygen atoms in total. The Bertz CT molecular complexity index is 169. The van der Waals surface area contributed by atoms with Crippen molar-refractivity contribution in [1.82, 2.24) is 0 Å². The lowest BCUT2D eigenvalue weighted by atomic mass is 10.1. The van der Waals surface area contributed by atoms with E-state index in [1.54, 1.807) is 0 Å². The third kappa shape index (κ3) is 9.12. The molecule has 0 unspecified atom stereocenters. The van der Waals surface area contributed by atoms with Gasteiger partial charge in [-0.2, -0.15) is 0 Å². The summed E-state index contributed by atoms with van der Waals surface area (Å²) in [5, 5.41) is 0. The lowest BCUT2D eigenvalue weighted by Crippen LogP contribution is -2.07. The van der Waals surface area contributed by atoms with Crippen LogP contribution in [0.25, 0.3) is 0 Å². The fourth-order valence-electron chi connectivity index (χ4n) is 0.733. The maximum atomic E-state index is 11.0. The predicted octanol–water partition coefficient (Wildman–Crippen LogP) is 2.79. The van der Waals surface area contributed by atoms with E-state index < -0.39 is 0 Å². The first-order valence-electron chi connectivity index (χ1n) is 4.85. The Hall–Kier alpha value is -0.790. The van der Waals surface area contributed by atoms with Crippen LogP contribution in [0.5, 0.6) is 0 Å². The molecule has 0 aromatic heterocycles. The Balaban J connectivity index is 3.56. The van der Waals surface area contributed by atoms with Crippen LogP contribution in [0.15, 0.2) is 12.2 Å². The van der Waals surface area contributed by atoms with E-state index in [1.807, 2.05) is 19.9 Å². The van der Waals surface area contributed by atoms with Gasteiger partial charge in [0, 0.05) is 6.08 Å². The van der Waals surface area contributed by atoms with Gasteiger partial charge in [-0.25, -0.2) is 4.79 Å². The first-order valence-corrected chi connectivity index (χ1v) is 4.85. The van der Waals surface area contributed by atoms with Crippen molar-refractivity contribution in [3.05, 3.63) is 12.2 Å². The van der Waals surface area contributed by atoms with Crippen LogP contribution in [-0.4, -0.2) is 12.6 Å². The molecule has 0 fully saturated rings. The van der Waals surface area contributed by atoms with E-state index in [2.05, 4.69) is 13.8 Å². The molecule has 0 radical (unpaired) electrons. The highest BCUT2D eigenvalue weighted by Gasteiger charge is 1.99. The number of rotatable bonds is 5. The molecule has 0 heterocycles. The lowest BCUT2D eigenvalue weighted by molar-refractivity contribution is -0.138. The topological polar surface area (TPSA) is 26.3 Å². The normalized spacial score (nSPS) is 11.5. The molecule has 0 aromatic rings. The van der Waals surface area contributed by atoms with Gasteiger partial charge in [0.05, 0.1) is 6.61 Å². The summed E-state index contributed by atoms with van der Waals surface area (Å²) < 4.78 is 4.96. The van der Waals surface area contributed by atoms with E-state index in [0.29, 0.717) is 18.4 Å². The van der Waals surface area contributed by atoms with Crippen molar-refractivity contribution in [1.29, 1.82) is 0 Å². The van der Waals surface area contributed by atoms with Crippen LogP contribution in [0, 0.1) is 11.8 Å². The second-order valence-electron chi connectivity index (χ2n) is 4.06. The molecule has 0 aliphatic carbocycles. The molecule has 13 heavy (non-hydrogen) atoms. The molecule has 0 aliphatic rings. The van der Waals surface area contributed by atoms with Gasteiger partial charge in [0.25, 0.3) is 0 Å². The van der Waals surface area contributed by atoms with Gasteiger partial charge in [0.15, 0.2) is 0 Å². The first kappa shape index (κ1) is 12.2. The Kier molecular flexibility index (Phi) is 6.29. The Morgan fingerprint density at radius 2 is 1.85 bits per heavy atom. The van der Waals surface area contributed by atoms with Crippen molar-refractivity contribution in [2.24, 2.45) is 11.8 Å². The van der Waals surface area contributed by atoms with Crippen LogP contribution >= 0.6 is 0 Å². The van der Waals surface area contributed by atoms with Crippen LogP contribution in [-0.2, 0) is 9.53 Å². The molecule has 0 saturated carbocycles. The average molecular weight is 184 g/mol. The van der Waals surface area contributed by atoms with E-state index in [9.17, 15) is 4.79 Å². The van der Waals surface area contributed by atoms with E-state index in [0.717, 1.165) is 6.42 Å². The molecular formula is C11H20O2. The Labute approximate surface area is 81.0 Å². The molecule has 0 aliphatic heterocycles. The quantitative estimate of drug-likeness (QED) is 0.485. The van der Waals surface area contributed by atoms with Gasteiger partial charge in [-0.05, 0) is 18.3 Å². The van der Waals surface area contributed by atoms with Crippen molar-refractivity contribution in [3.63, 3.8) is 0 Å². The summed E-state index contributed by atoms with van der Waals surface area (Å²) in [6, 6.07) is 0. The van der Waals surface area contributed by atoms with E-state index in [4.69, 9.17) is 4.74 Å². The van der Waals surface area contributed by atoms with Gasteiger partial charge in [-0.3, -0.25) is 0 Å².